The fourth-order valence-electron chi connectivity index (χ4n) is 3.06. The zero-order valence-electron chi connectivity index (χ0n) is 17.5. The Labute approximate surface area is 192 Å². The molecule has 0 aliphatic heterocycles. The van der Waals surface area contributed by atoms with Crippen LogP contribution in [0.1, 0.15) is 22.3 Å². The van der Waals surface area contributed by atoms with E-state index in [-0.39, 0.29) is 5.91 Å². The number of aryl methyl sites for hydroxylation is 2. The summed E-state index contributed by atoms with van der Waals surface area (Å²) < 4.78 is 11.3. The van der Waals surface area contributed by atoms with Gasteiger partial charge in [0.05, 0.1) is 17.8 Å². The molecule has 0 spiro atoms. The van der Waals surface area contributed by atoms with Crippen molar-refractivity contribution in [3.05, 3.63) is 93.0 Å². The number of hydrogen-bond donors (Lipinski definition) is 1. The molecule has 0 aromatic heterocycles. The van der Waals surface area contributed by atoms with E-state index in [0.717, 1.165) is 22.3 Å². The Bertz CT molecular complexity index is 1090. The van der Waals surface area contributed by atoms with Crippen LogP contribution in [0.2, 0.25) is 10.0 Å². The van der Waals surface area contributed by atoms with Crippen LogP contribution in [0.25, 0.3) is 6.08 Å². The maximum atomic E-state index is 12.4. The van der Waals surface area contributed by atoms with Gasteiger partial charge in [-0.25, -0.2) is 0 Å². The van der Waals surface area contributed by atoms with Crippen LogP contribution in [0.15, 0.2) is 60.7 Å². The van der Waals surface area contributed by atoms with Crippen LogP contribution in [-0.4, -0.2) is 13.0 Å². The van der Waals surface area contributed by atoms with Gasteiger partial charge in [-0.05, 0) is 72.5 Å². The van der Waals surface area contributed by atoms with Crippen molar-refractivity contribution in [1.29, 1.82) is 0 Å². The third-order valence-electron chi connectivity index (χ3n) is 4.60. The standard InChI is InChI=1S/C25H23Cl2NO3/c1-16-12-17(2)25(21(27)13-16)28-24(29)11-7-18-6-10-22(23(14-18)30-3)31-15-19-4-8-20(26)9-5-19/h4-14H,15H2,1-3H3,(H,28,29)/b11-7+. The first-order chi connectivity index (χ1) is 14.9. The highest BCUT2D eigenvalue weighted by Crippen LogP contribution is 2.30. The molecule has 0 aliphatic carbocycles. The van der Waals surface area contributed by atoms with E-state index in [0.29, 0.717) is 33.8 Å². The van der Waals surface area contributed by atoms with Gasteiger partial charge in [-0.1, -0.05) is 47.5 Å². The van der Waals surface area contributed by atoms with Crippen molar-refractivity contribution in [3.8, 4) is 11.5 Å². The van der Waals surface area contributed by atoms with E-state index in [1.54, 1.807) is 13.2 Å². The van der Waals surface area contributed by atoms with Gasteiger partial charge in [-0.15, -0.1) is 0 Å². The number of hydrogen-bond acceptors (Lipinski definition) is 3. The highest BCUT2D eigenvalue weighted by molar-refractivity contribution is 6.34. The molecule has 0 heterocycles. The summed E-state index contributed by atoms with van der Waals surface area (Å²) in [5.74, 6) is 0.922. The van der Waals surface area contributed by atoms with E-state index in [1.165, 1.54) is 6.08 Å². The van der Waals surface area contributed by atoms with Gasteiger partial charge in [0.2, 0.25) is 5.91 Å². The number of anilines is 1. The molecule has 3 rings (SSSR count). The number of methoxy groups -OCH3 is 1. The molecular weight excluding hydrogens is 433 g/mol. The van der Waals surface area contributed by atoms with E-state index in [4.69, 9.17) is 32.7 Å². The van der Waals surface area contributed by atoms with Gasteiger partial charge in [-0.3, -0.25) is 4.79 Å². The summed E-state index contributed by atoms with van der Waals surface area (Å²) >= 11 is 12.2. The predicted molar refractivity (Wildman–Crippen MR) is 127 cm³/mol. The Balaban J connectivity index is 1.67. The molecule has 6 heteroatoms. The maximum Gasteiger partial charge on any atom is 0.248 e. The summed E-state index contributed by atoms with van der Waals surface area (Å²) in [6.07, 6.45) is 3.16. The van der Waals surface area contributed by atoms with E-state index in [9.17, 15) is 4.79 Å². The van der Waals surface area contributed by atoms with Crippen LogP contribution in [0.3, 0.4) is 0 Å². The topological polar surface area (TPSA) is 47.6 Å². The molecule has 0 unspecified atom stereocenters. The zero-order chi connectivity index (χ0) is 22.4. The second kappa shape index (κ2) is 10.4. The second-order valence-electron chi connectivity index (χ2n) is 7.09. The van der Waals surface area contributed by atoms with Crippen molar-refractivity contribution in [1.82, 2.24) is 0 Å². The highest BCUT2D eigenvalue weighted by Gasteiger charge is 2.09. The quantitative estimate of drug-likeness (QED) is 0.396. The highest BCUT2D eigenvalue weighted by atomic mass is 35.5. The molecule has 3 aromatic rings. The van der Waals surface area contributed by atoms with Crippen molar-refractivity contribution in [2.24, 2.45) is 0 Å². The molecule has 0 atom stereocenters. The van der Waals surface area contributed by atoms with Crippen molar-refractivity contribution in [3.63, 3.8) is 0 Å². The number of ether oxygens (including phenoxy) is 2. The number of benzene rings is 3. The van der Waals surface area contributed by atoms with Crippen LogP contribution < -0.4 is 14.8 Å². The van der Waals surface area contributed by atoms with E-state index >= 15 is 0 Å². The Kier molecular flexibility index (Phi) is 7.61. The van der Waals surface area contributed by atoms with Gasteiger partial charge >= 0.3 is 0 Å². The van der Waals surface area contributed by atoms with Gasteiger partial charge in [0, 0.05) is 11.1 Å². The zero-order valence-corrected chi connectivity index (χ0v) is 19.1. The van der Waals surface area contributed by atoms with Crippen molar-refractivity contribution < 1.29 is 14.3 Å². The van der Waals surface area contributed by atoms with E-state index in [2.05, 4.69) is 5.32 Å². The minimum Gasteiger partial charge on any atom is -0.493 e. The molecular formula is C25H23Cl2NO3. The fourth-order valence-corrected chi connectivity index (χ4v) is 3.55. The average molecular weight is 456 g/mol. The normalized spacial score (nSPS) is 10.9. The smallest absolute Gasteiger partial charge is 0.248 e. The number of nitrogens with one attached hydrogen (secondary N) is 1. The van der Waals surface area contributed by atoms with Crippen LogP contribution in [-0.2, 0) is 11.4 Å². The molecule has 0 fully saturated rings. The van der Waals surface area contributed by atoms with Gasteiger partial charge in [0.1, 0.15) is 6.61 Å². The lowest BCUT2D eigenvalue weighted by atomic mass is 10.1. The minimum absolute atomic E-state index is 0.268. The van der Waals surface area contributed by atoms with Gasteiger partial charge in [0.15, 0.2) is 11.5 Å². The largest absolute Gasteiger partial charge is 0.493 e. The summed E-state index contributed by atoms with van der Waals surface area (Å²) in [7, 11) is 1.58. The first-order valence-electron chi connectivity index (χ1n) is 9.67. The first-order valence-corrected chi connectivity index (χ1v) is 10.4. The molecule has 4 nitrogen and oxygen atoms in total. The summed E-state index contributed by atoms with van der Waals surface area (Å²) in [5.41, 5.74) is 4.37. The van der Waals surface area contributed by atoms with Crippen LogP contribution >= 0.6 is 23.2 Å². The van der Waals surface area contributed by atoms with Crippen LogP contribution in [0.4, 0.5) is 5.69 Å². The number of carbonyl (C=O) groups is 1. The monoisotopic (exact) mass is 455 g/mol. The molecule has 3 aromatic carbocycles. The molecule has 0 aliphatic rings. The lowest BCUT2D eigenvalue weighted by Gasteiger charge is -2.12. The second-order valence-corrected chi connectivity index (χ2v) is 7.93. The molecule has 1 amide bonds. The molecule has 160 valence electrons. The van der Waals surface area contributed by atoms with Gasteiger partial charge in [-0.2, -0.15) is 0 Å². The number of rotatable bonds is 7. The SMILES string of the molecule is COc1cc(/C=C/C(=O)Nc2c(C)cc(C)cc2Cl)ccc1OCc1ccc(Cl)cc1. The predicted octanol–water partition coefficient (Wildman–Crippen LogP) is 6.85. The lowest BCUT2D eigenvalue weighted by molar-refractivity contribution is -0.111. The number of carbonyl (C=O) groups excluding carboxylic acids is 1. The number of amides is 1. The van der Waals surface area contributed by atoms with Crippen molar-refractivity contribution in [2.75, 3.05) is 12.4 Å². The van der Waals surface area contributed by atoms with Crippen LogP contribution in [0, 0.1) is 13.8 Å². The Morgan fingerprint density at radius 1 is 1.00 bits per heavy atom. The van der Waals surface area contributed by atoms with E-state index in [1.807, 2.05) is 68.4 Å². The van der Waals surface area contributed by atoms with Crippen molar-refractivity contribution >= 4 is 40.9 Å². The summed E-state index contributed by atoms with van der Waals surface area (Å²) in [5, 5.41) is 4.03. The van der Waals surface area contributed by atoms with Crippen molar-refractivity contribution in [2.45, 2.75) is 20.5 Å². The minimum atomic E-state index is -0.268. The summed E-state index contributed by atoms with van der Waals surface area (Å²) in [6.45, 7) is 4.26. The molecule has 1 N–H and O–H groups in total. The third-order valence-corrected chi connectivity index (χ3v) is 5.15. The molecule has 0 radical (unpaired) electrons. The summed E-state index contributed by atoms with van der Waals surface area (Å²) in [4.78, 5) is 12.4. The average Bonchev–Trinajstić information content (AvgIpc) is 2.74. The Hall–Kier alpha value is -2.95. The van der Waals surface area contributed by atoms with Gasteiger partial charge in [0.25, 0.3) is 0 Å². The number of halogens is 2. The van der Waals surface area contributed by atoms with Crippen LogP contribution in [0.5, 0.6) is 11.5 Å². The Morgan fingerprint density at radius 2 is 1.74 bits per heavy atom. The molecule has 0 bridgehead atoms. The summed E-state index contributed by atoms with van der Waals surface area (Å²) in [6, 6.07) is 16.7. The van der Waals surface area contributed by atoms with E-state index < -0.39 is 0 Å². The third kappa shape index (κ3) is 6.27. The molecule has 0 saturated heterocycles. The first kappa shape index (κ1) is 22.7. The molecule has 31 heavy (non-hydrogen) atoms. The van der Waals surface area contributed by atoms with Gasteiger partial charge < -0.3 is 14.8 Å². The maximum absolute atomic E-state index is 12.4. The molecule has 0 saturated carbocycles. The fraction of sp³-hybridized carbons (Fsp3) is 0.160. The lowest BCUT2D eigenvalue weighted by Crippen LogP contribution is -2.09. The Morgan fingerprint density at radius 3 is 2.42 bits per heavy atom.